The highest BCUT2D eigenvalue weighted by Crippen LogP contribution is 2.54. The number of benzene rings is 1. The van der Waals surface area contributed by atoms with Gasteiger partial charge in [0, 0.05) is 25.5 Å². The molecule has 180 valence electrons. The highest BCUT2D eigenvalue weighted by atomic mass is 31.2. The number of ether oxygens (including phenoxy) is 3. The van der Waals surface area contributed by atoms with Crippen molar-refractivity contribution in [3.8, 4) is 5.75 Å². The van der Waals surface area contributed by atoms with Crippen molar-refractivity contribution in [2.24, 2.45) is 5.92 Å². The molecule has 1 aromatic rings. The Morgan fingerprint density at radius 1 is 1.16 bits per heavy atom. The van der Waals surface area contributed by atoms with Gasteiger partial charge in [0.05, 0.1) is 27.0 Å². The number of amides is 1. The molecule has 1 heterocycles. The monoisotopic (exact) mass is 471 g/mol. The summed E-state index contributed by atoms with van der Waals surface area (Å²) in [6, 6.07) is 6.30. The molecule has 0 aliphatic carbocycles. The molecule has 4 atom stereocenters. The summed E-state index contributed by atoms with van der Waals surface area (Å²) in [5.74, 6) is -1.05. The molecule has 1 amide bonds. The molecule has 0 saturated carbocycles. The lowest BCUT2D eigenvalue weighted by Crippen LogP contribution is -2.46. The van der Waals surface area contributed by atoms with Crippen LogP contribution >= 0.6 is 7.60 Å². The maximum atomic E-state index is 13.3. The summed E-state index contributed by atoms with van der Waals surface area (Å²) in [4.78, 5) is 27.3. The number of carbonyl (C=O) groups excluding carboxylic acids is 2. The first-order valence-corrected chi connectivity index (χ1v) is 12.2. The van der Waals surface area contributed by atoms with Crippen LogP contribution in [0.4, 0.5) is 4.79 Å². The molecule has 9 nitrogen and oxygen atoms in total. The third-order valence-electron chi connectivity index (χ3n) is 5.30. The highest BCUT2D eigenvalue weighted by molar-refractivity contribution is 7.53. The zero-order valence-electron chi connectivity index (χ0n) is 19.8. The molecule has 32 heavy (non-hydrogen) atoms. The summed E-state index contributed by atoms with van der Waals surface area (Å²) >= 11 is 0. The highest BCUT2D eigenvalue weighted by Gasteiger charge is 2.53. The molecular weight excluding hydrogens is 437 g/mol. The molecule has 1 aliphatic rings. The van der Waals surface area contributed by atoms with Crippen LogP contribution in [-0.2, 0) is 27.9 Å². The Labute approximate surface area is 189 Å². The second kappa shape index (κ2) is 10.7. The first-order chi connectivity index (χ1) is 15.0. The molecule has 1 aliphatic heterocycles. The SMILES string of the molecule is CCOP(=O)(C[C@H]1[C@H](c2ccccc2OC)CN(C(=O)OC(C)(C)C)[C@H]1C(=O)OC)OC. The van der Waals surface area contributed by atoms with Gasteiger partial charge in [0.25, 0.3) is 0 Å². The quantitative estimate of drug-likeness (QED) is 0.413. The van der Waals surface area contributed by atoms with Gasteiger partial charge in [-0.2, -0.15) is 0 Å². The molecule has 0 N–H and O–H groups in total. The maximum Gasteiger partial charge on any atom is 0.411 e. The first kappa shape index (κ1) is 26.2. The van der Waals surface area contributed by atoms with Gasteiger partial charge in [-0.3, -0.25) is 9.46 Å². The second-order valence-electron chi connectivity index (χ2n) is 8.51. The maximum absolute atomic E-state index is 13.3. The van der Waals surface area contributed by atoms with Gasteiger partial charge in [0.2, 0.25) is 0 Å². The van der Waals surface area contributed by atoms with E-state index in [1.165, 1.54) is 19.1 Å². The number of esters is 1. The van der Waals surface area contributed by atoms with Crippen molar-refractivity contribution in [3.63, 3.8) is 0 Å². The summed E-state index contributed by atoms with van der Waals surface area (Å²) in [7, 11) is 0.564. The zero-order chi connectivity index (χ0) is 24.1. The summed E-state index contributed by atoms with van der Waals surface area (Å²) in [6.07, 6.45) is -0.738. The number of rotatable bonds is 8. The second-order valence-corrected chi connectivity index (χ2v) is 10.7. The average molecular weight is 471 g/mol. The number of methoxy groups -OCH3 is 2. The van der Waals surface area contributed by atoms with E-state index in [0.717, 1.165) is 5.56 Å². The minimum Gasteiger partial charge on any atom is -0.496 e. The van der Waals surface area contributed by atoms with Gasteiger partial charge in [0.15, 0.2) is 0 Å². The van der Waals surface area contributed by atoms with Crippen LogP contribution in [0.3, 0.4) is 0 Å². The van der Waals surface area contributed by atoms with Crippen LogP contribution < -0.4 is 4.74 Å². The van der Waals surface area contributed by atoms with E-state index in [1.807, 2.05) is 18.2 Å². The summed E-state index contributed by atoms with van der Waals surface area (Å²) < 4.78 is 40.1. The van der Waals surface area contributed by atoms with Crippen molar-refractivity contribution in [2.75, 3.05) is 40.6 Å². The molecule has 0 radical (unpaired) electrons. The van der Waals surface area contributed by atoms with Gasteiger partial charge in [0.1, 0.15) is 17.4 Å². The predicted molar refractivity (Wildman–Crippen MR) is 119 cm³/mol. The van der Waals surface area contributed by atoms with Gasteiger partial charge in [-0.05, 0) is 39.3 Å². The van der Waals surface area contributed by atoms with Crippen LogP contribution in [0.15, 0.2) is 24.3 Å². The molecule has 1 unspecified atom stereocenters. The predicted octanol–water partition coefficient (Wildman–Crippen LogP) is 4.06. The van der Waals surface area contributed by atoms with Gasteiger partial charge in [-0.15, -0.1) is 0 Å². The topological polar surface area (TPSA) is 101 Å². The van der Waals surface area contributed by atoms with Crippen LogP contribution in [-0.4, -0.2) is 69.2 Å². The van der Waals surface area contributed by atoms with E-state index in [-0.39, 0.29) is 19.3 Å². The molecule has 1 fully saturated rings. The molecule has 1 aromatic carbocycles. The molecule has 2 rings (SSSR count). The Kier molecular flexibility index (Phi) is 8.74. The number of para-hydroxylation sites is 1. The fourth-order valence-corrected chi connectivity index (χ4v) is 5.73. The third-order valence-corrected chi connectivity index (χ3v) is 7.38. The van der Waals surface area contributed by atoms with Crippen molar-refractivity contribution < 1.29 is 37.4 Å². The molecule has 10 heteroatoms. The largest absolute Gasteiger partial charge is 0.496 e. The van der Waals surface area contributed by atoms with Crippen molar-refractivity contribution >= 4 is 19.7 Å². The Bertz CT molecular complexity index is 853. The fourth-order valence-electron chi connectivity index (χ4n) is 4.01. The van der Waals surface area contributed by atoms with Gasteiger partial charge < -0.3 is 23.3 Å². The smallest absolute Gasteiger partial charge is 0.411 e. The standard InChI is InChI=1S/C22H34NO8P/c1-8-30-32(26,29-7)14-17-16(15-11-9-10-12-18(15)27-5)13-23(19(17)20(24)28-6)21(25)31-22(2,3)4/h9-12,16-17,19H,8,13-14H2,1-7H3/t16-,17-,19+,32?/m0/s1. The van der Waals surface area contributed by atoms with Crippen molar-refractivity contribution in [1.29, 1.82) is 0 Å². The normalized spacial score (nSPS) is 22.8. The Balaban J connectivity index is 2.59. The van der Waals surface area contributed by atoms with Crippen LogP contribution in [0.25, 0.3) is 0 Å². The Morgan fingerprint density at radius 2 is 1.81 bits per heavy atom. The van der Waals surface area contributed by atoms with Gasteiger partial charge >= 0.3 is 19.7 Å². The molecular formula is C22H34NO8P. The van der Waals surface area contributed by atoms with Crippen LogP contribution in [0.2, 0.25) is 0 Å². The van der Waals surface area contributed by atoms with Crippen molar-refractivity contribution in [1.82, 2.24) is 4.90 Å². The number of hydrogen-bond donors (Lipinski definition) is 0. The molecule has 0 bridgehead atoms. The lowest BCUT2D eigenvalue weighted by molar-refractivity contribution is -0.146. The van der Waals surface area contributed by atoms with E-state index in [1.54, 1.807) is 40.9 Å². The summed E-state index contributed by atoms with van der Waals surface area (Å²) in [5.41, 5.74) is 0.0160. The fraction of sp³-hybridized carbons (Fsp3) is 0.636. The number of carbonyl (C=O) groups is 2. The average Bonchev–Trinajstić information content (AvgIpc) is 3.10. The lowest BCUT2D eigenvalue weighted by Gasteiger charge is -2.30. The Morgan fingerprint density at radius 3 is 2.34 bits per heavy atom. The zero-order valence-corrected chi connectivity index (χ0v) is 20.7. The number of hydrogen-bond acceptors (Lipinski definition) is 8. The number of nitrogens with zero attached hydrogens (tertiary/aromatic N) is 1. The molecule has 0 spiro atoms. The molecule has 0 aromatic heterocycles. The van der Waals surface area contributed by atoms with E-state index in [0.29, 0.717) is 5.75 Å². The van der Waals surface area contributed by atoms with E-state index in [4.69, 9.17) is 23.3 Å². The van der Waals surface area contributed by atoms with Crippen LogP contribution in [0.1, 0.15) is 39.2 Å². The van der Waals surface area contributed by atoms with Gasteiger partial charge in [-0.25, -0.2) is 9.59 Å². The minimum atomic E-state index is -3.54. The van der Waals surface area contributed by atoms with E-state index in [2.05, 4.69) is 0 Å². The Hall–Kier alpha value is -2.09. The van der Waals surface area contributed by atoms with Crippen molar-refractivity contribution in [2.45, 2.75) is 45.3 Å². The molecule has 1 saturated heterocycles. The van der Waals surface area contributed by atoms with E-state index >= 15 is 0 Å². The van der Waals surface area contributed by atoms with E-state index in [9.17, 15) is 14.2 Å². The van der Waals surface area contributed by atoms with Gasteiger partial charge in [-0.1, -0.05) is 18.2 Å². The summed E-state index contributed by atoms with van der Waals surface area (Å²) in [5, 5.41) is 0. The minimum absolute atomic E-state index is 0.0842. The summed E-state index contributed by atoms with van der Waals surface area (Å²) in [6.45, 7) is 7.28. The van der Waals surface area contributed by atoms with Crippen LogP contribution in [0, 0.1) is 5.92 Å². The van der Waals surface area contributed by atoms with E-state index < -0.39 is 43.1 Å². The van der Waals surface area contributed by atoms with Crippen molar-refractivity contribution in [3.05, 3.63) is 29.8 Å². The third kappa shape index (κ3) is 6.03. The number of likely N-dealkylation sites (tertiary alicyclic amines) is 1. The van der Waals surface area contributed by atoms with Crippen LogP contribution in [0.5, 0.6) is 5.75 Å². The first-order valence-electron chi connectivity index (χ1n) is 10.5. The lowest BCUT2D eigenvalue weighted by atomic mass is 9.86.